The zero-order valence-corrected chi connectivity index (χ0v) is 8.64. The fourth-order valence-electron chi connectivity index (χ4n) is 1.80. The molecule has 1 rings (SSSR count). The van der Waals surface area contributed by atoms with Crippen molar-refractivity contribution in [3.8, 4) is 0 Å². The van der Waals surface area contributed by atoms with Gasteiger partial charge in [0.25, 0.3) is 0 Å². The average molecular weight is 180 g/mol. The molecule has 0 aromatic carbocycles. The van der Waals surface area contributed by atoms with Gasteiger partial charge in [-0.3, -0.25) is 4.79 Å². The SMILES string of the molecule is CCCCCCC(=O)C1=CCCC1. The Hall–Kier alpha value is -0.590. The van der Waals surface area contributed by atoms with Crippen LogP contribution in [0.5, 0.6) is 0 Å². The summed E-state index contributed by atoms with van der Waals surface area (Å²) in [7, 11) is 0. The molecular formula is C12H20O. The summed E-state index contributed by atoms with van der Waals surface area (Å²) in [5.74, 6) is 0.411. The van der Waals surface area contributed by atoms with Crippen LogP contribution < -0.4 is 0 Å². The quantitative estimate of drug-likeness (QED) is 0.570. The van der Waals surface area contributed by atoms with Crippen molar-refractivity contribution in [2.75, 3.05) is 0 Å². The minimum Gasteiger partial charge on any atom is -0.295 e. The van der Waals surface area contributed by atoms with Gasteiger partial charge in [-0.1, -0.05) is 32.3 Å². The lowest BCUT2D eigenvalue weighted by Crippen LogP contribution is -1.99. The maximum atomic E-state index is 11.5. The standard InChI is InChI=1S/C12H20O/c1-2-3-4-5-10-12(13)11-8-6-7-9-11/h8H,2-7,9-10H2,1H3. The second kappa shape index (κ2) is 5.95. The maximum absolute atomic E-state index is 11.5. The summed E-state index contributed by atoms with van der Waals surface area (Å²) in [4.78, 5) is 11.5. The van der Waals surface area contributed by atoms with Crippen LogP contribution in [0.2, 0.25) is 0 Å². The molecule has 0 radical (unpaired) electrons. The first-order valence-corrected chi connectivity index (χ1v) is 5.57. The average Bonchev–Trinajstić information content (AvgIpc) is 2.65. The van der Waals surface area contributed by atoms with Gasteiger partial charge in [0, 0.05) is 6.42 Å². The largest absolute Gasteiger partial charge is 0.295 e. The van der Waals surface area contributed by atoms with E-state index in [1.54, 1.807) is 0 Å². The zero-order chi connectivity index (χ0) is 9.52. The van der Waals surface area contributed by atoms with Crippen molar-refractivity contribution in [3.05, 3.63) is 11.6 Å². The molecule has 0 amide bonds. The van der Waals surface area contributed by atoms with E-state index in [2.05, 4.69) is 13.0 Å². The minimum atomic E-state index is 0.411. The van der Waals surface area contributed by atoms with Gasteiger partial charge in [0.2, 0.25) is 0 Å². The third-order valence-corrected chi connectivity index (χ3v) is 2.66. The van der Waals surface area contributed by atoms with E-state index in [0.717, 1.165) is 31.3 Å². The minimum absolute atomic E-state index is 0.411. The molecule has 74 valence electrons. The van der Waals surface area contributed by atoms with Gasteiger partial charge >= 0.3 is 0 Å². The molecule has 0 spiro atoms. The Bertz CT molecular complexity index is 191. The lowest BCUT2D eigenvalue weighted by atomic mass is 10.0. The highest BCUT2D eigenvalue weighted by Gasteiger charge is 2.12. The van der Waals surface area contributed by atoms with Gasteiger partial charge in [0.05, 0.1) is 0 Å². The normalized spacial score (nSPS) is 15.9. The molecule has 0 aromatic heterocycles. The van der Waals surface area contributed by atoms with E-state index in [9.17, 15) is 4.79 Å². The van der Waals surface area contributed by atoms with Crippen molar-refractivity contribution in [1.29, 1.82) is 0 Å². The fraction of sp³-hybridized carbons (Fsp3) is 0.750. The molecular weight excluding hydrogens is 160 g/mol. The lowest BCUT2D eigenvalue weighted by molar-refractivity contribution is -0.115. The van der Waals surface area contributed by atoms with Crippen molar-refractivity contribution in [2.24, 2.45) is 0 Å². The molecule has 0 fully saturated rings. The molecule has 13 heavy (non-hydrogen) atoms. The number of rotatable bonds is 6. The van der Waals surface area contributed by atoms with Crippen LogP contribution in [-0.4, -0.2) is 5.78 Å². The van der Waals surface area contributed by atoms with Crippen LogP contribution in [-0.2, 0) is 4.79 Å². The second-order valence-electron chi connectivity index (χ2n) is 3.86. The number of ketones is 1. The first kappa shape index (κ1) is 10.5. The number of carbonyl (C=O) groups is 1. The van der Waals surface area contributed by atoms with Crippen LogP contribution in [0.1, 0.15) is 58.3 Å². The van der Waals surface area contributed by atoms with Crippen LogP contribution in [0.25, 0.3) is 0 Å². The Balaban J connectivity index is 2.10. The molecule has 0 N–H and O–H groups in total. The number of hydrogen-bond acceptors (Lipinski definition) is 1. The van der Waals surface area contributed by atoms with Gasteiger partial charge in [-0.25, -0.2) is 0 Å². The van der Waals surface area contributed by atoms with Gasteiger partial charge in [0.15, 0.2) is 5.78 Å². The molecule has 1 heteroatoms. The van der Waals surface area contributed by atoms with E-state index < -0.39 is 0 Å². The molecule has 1 aliphatic rings. The zero-order valence-electron chi connectivity index (χ0n) is 8.64. The van der Waals surface area contributed by atoms with Gasteiger partial charge in [0.1, 0.15) is 0 Å². The van der Waals surface area contributed by atoms with Crippen molar-refractivity contribution in [2.45, 2.75) is 58.3 Å². The van der Waals surface area contributed by atoms with Crippen LogP contribution >= 0.6 is 0 Å². The Morgan fingerprint density at radius 3 is 2.85 bits per heavy atom. The van der Waals surface area contributed by atoms with E-state index in [-0.39, 0.29) is 0 Å². The van der Waals surface area contributed by atoms with Gasteiger partial charge < -0.3 is 0 Å². The van der Waals surface area contributed by atoms with Crippen LogP contribution in [0.4, 0.5) is 0 Å². The maximum Gasteiger partial charge on any atom is 0.158 e. The number of hydrogen-bond donors (Lipinski definition) is 0. The van der Waals surface area contributed by atoms with Gasteiger partial charge in [-0.2, -0.15) is 0 Å². The summed E-state index contributed by atoms with van der Waals surface area (Å²) < 4.78 is 0. The van der Waals surface area contributed by atoms with Crippen molar-refractivity contribution < 1.29 is 4.79 Å². The highest BCUT2D eigenvalue weighted by Crippen LogP contribution is 2.20. The summed E-state index contributed by atoms with van der Waals surface area (Å²) >= 11 is 0. The topological polar surface area (TPSA) is 17.1 Å². The van der Waals surface area contributed by atoms with E-state index in [4.69, 9.17) is 0 Å². The van der Waals surface area contributed by atoms with Crippen LogP contribution in [0.15, 0.2) is 11.6 Å². The molecule has 1 nitrogen and oxygen atoms in total. The van der Waals surface area contributed by atoms with E-state index in [1.807, 2.05) is 0 Å². The predicted molar refractivity (Wildman–Crippen MR) is 55.7 cm³/mol. The molecule has 0 aromatic rings. The molecule has 0 bridgehead atoms. The predicted octanol–water partition coefficient (Wildman–Crippen LogP) is 3.64. The number of Topliss-reactive ketones (excluding diaryl/α,β-unsaturated/α-hetero) is 1. The summed E-state index contributed by atoms with van der Waals surface area (Å²) in [5.41, 5.74) is 1.11. The van der Waals surface area contributed by atoms with Gasteiger partial charge in [-0.05, 0) is 31.3 Å². The molecule has 0 unspecified atom stereocenters. The van der Waals surface area contributed by atoms with Crippen molar-refractivity contribution >= 4 is 5.78 Å². The summed E-state index contributed by atoms with van der Waals surface area (Å²) in [5, 5.41) is 0. The highest BCUT2D eigenvalue weighted by atomic mass is 16.1. The Kier molecular flexibility index (Phi) is 4.81. The third kappa shape index (κ3) is 3.75. The van der Waals surface area contributed by atoms with E-state index in [0.29, 0.717) is 5.78 Å². The number of unbranched alkanes of at least 4 members (excludes halogenated alkanes) is 3. The number of carbonyl (C=O) groups excluding carboxylic acids is 1. The van der Waals surface area contributed by atoms with E-state index >= 15 is 0 Å². The second-order valence-corrected chi connectivity index (χ2v) is 3.86. The lowest BCUT2D eigenvalue weighted by Gasteiger charge is -2.00. The summed E-state index contributed by atoms with van der Waals surface area (Å²) in [6.45, 7) is 2.20. The highest BCUT2D eigenvalue weighted by molar-refractivity contribution is 5.95. The summed E-state index contributed by atoms with van der Waals surface area (Å²) in [6.07, 6.45) is 11.1. The first-order valence-electron chi connectivity index (χ1n) is 5.57. The Morgan fingerprint density at radius 2 is 2.23 bits per heavy atom. The smallest absolute Gasteiger partial charge is 0.158 e. The van der Waals surface area contributed by atoms with Crippen LogP contribution in [0.3, 0.4) is 0 Å². The molecule has 0 heterocycles. The molecule has 0 aliphatic heterocycles. The fourth-order valence-corrected chi connectivity index (χ4v) is 1.80. The molecule has 1 aliphatic carbocycles. The van der Waals surface area contributed by atoms with Crippen LogP contribution in [0, 0.1) is 0 Å². The molecule has 0 atom stereocenters. The Morgan fingerprint density at radius 1 is 1.38 bits per heavy atom. The summed E-state index contributed by atoms with van der Waals surface area (Å²) in [6, 6.07) is 0. The van der Waals surface area contributed by atoms with E-state index in [1.165, 1.54) is 25.7 Å². The molecule has 0 saturated heterocycles. The van der Waals surface area contributed by atoms with Crippen molar-refractivity contribution in [1.82, 2.24) is 0 Å². The monoisotopic (exact) mass is 180 g/mol. The third-order valence-electron chi connectivity index (χ3n) is 2.66. The first-order chi connectivity index (χ1) is 6.34. The Labute approximate surface area is 81.2 Å². The van der Waals surface area contributed by atoms with Gasteiger partial charge in [-0.15, -0.1) is 0 Å². The van der Waals surface area contributed by atoms with Crippen molar-refractivity contribution in [3.63, 3.8) is 0 Å². The molecule has 0 saturated carbocycles. The number of allylic oxidation sites excluding steroid dienone is 2.